The van der Waals surface area contributed by atoms with Crippen LogP contribution in [0.15, 0.2) is 35.7 Å². The van der Waals surface area contributed by atoms with Crippen LogP contribution in [0.25, 0.3) is 0 Å². The van der Waals surface area contributed by atoms with Gasteiger partial charge in [0.15, 0.2) is 0 Å². The van der Waals surface area contributed by atoms with Crippen molar-refractivity contribution in [3.05, 3.63) is 51.7 Å². The molecule has 0 saturated heterocycles. The number of para-hydroxylation sites is 1. The fourth-order valence-corrected chi connectivity index (χ4v) is 3.22. The highest BCUT2D eigenvalue weighted by molar-refractivity contribution is 7.10. The van der Waals surface area contributed by atoms with Crippen molar-refractivity contribution >= 4 is 11.3 Å². The SMILES string of the molecule is NNC(c1cccs1)c1cccc2c1OCCC2. The van der Waals surface area contributed by atoms with Gasteiger partial charge in [0, 0.05) is 10.4 Å². The zero-order valence-electron chi connectivity index (χ0n) is 10.1. The second-order valence-electron chi connectivity index (χ2n) is 4.40. The largest absolute Gasteiger partial charge is 0.493 e. The fraction of sp³-hybridized carbons (Fsp3) is 0.286. The highest BCUT2D eigenvalue weighted by atomic mass is 32.1. The summed E-state index contributed by atoms with van der Waals surface area (Å²) in [6.45, 7) is 0.797. The second kappa shape index (κ2) is 5.10. The van der Waals surface area contributed by atoms with Gasteiger partial charge in [-0.3, -0.25) is 5.84 Å². The molecule has 1 aliphatic rings. The Bertz CT molecular complexity index is 525. The molecule has 3 rings (SSSR count). The van der Waals surface area contributed by atoms with Crippen molar-refractivity contribution in [2.24, 2.45) is 5.84 Å². The number of rotatable bonds is 3. The number of nitrogens with one attached hydrogen (secondary N) is 1. The molecule has 3 nitrogen and oxygen atoms in total. The van der Waals surface area contributed by atoms with E-state index in [4.69, 9.17) is 10.6 Å². The number of ether oxygens (including phenoxy) is 1. The first-order valence-electron chi connectivity index (χ1n) is 6.14. The Hall–Kier alpha value is -1.36. The predicted octanol–water partition coefficient (Wildman–Crippen LogP) is 2.63. The average Bonchev–Trinajstić information content (AvgIpc) is 2.94. The predicted molar refractivity (Wildman–Crippen MR) is 73.7 cm³/mol. The summed E-state index contributed by atoms with van der Waals surface area (Å²) in [5.41, 5.74) is 5.33. The third-order valence-electron chi connectivity index (χ3n) is 3.27. The molecule has 2 aromatic rings. The summed E-state index contributed by atoms with van der Waals surface area (Å²) >= 11 is 1.70. The van der Waals surface area contributed by atoms with Crippen LogP contribution >= 0.6 is 11.3 Å². The molecule has 3 N–H and O–H groups in total. The van der Waals surface area contributed by atoms with Crippen LogP contribution in [0, 0.1) is 0 Å². The molecule has 0 aliphatic carbocycles. The number of hydrazine groups is 1. The average molecular weight is 260 g/mol. The monoisotopic (exact) mass is 260 g/mol. The molecule has 1 atom stereocenters. The lowest BCUT2D eigenvalue weighted by atomic mass is 9.97. The standard InChI is InChI=1S/C14H16N2OS/c15-16-13(12-7-3-9-18-12)11-6-1-4-10-5-2-8-17-14(10)11/h1,3-4,6-7,9,13,16H,2,5,8,15H2. The minimum absolute atomic E-state index is 0.0121. The zero-order valence-corrected chi connectivity index (χ0v) is 10.9. The van der Waals surface area contributed by atoms with Gasteiger partial charge in [0.05, 0.1) is 12.6 Å². The van der Waals surface area contributed by atoms with Crippen LogP contribution in [-0.2, 0) is 6.42 Å². The zero-order chi connectivity index (χ0) is 12.4. The number of aryl methyl sites for hydroxylation is 1. The van der Waals surface area contributed by atoms with Crippen molar-refractivity contribution in [2.45, 2.75) is 18.9 Å². The number of benzene rings is 1. The maximum atomic E-state index is 5.84. The molecule has 0 saturated carbocycles. The van der Waals surface area contributed by atoms with Crippen LogP contribution in [0.3, 0.4) is 0 Å². The molecule has 0 radical (unpaired) electrons. The highest BCUT2D eigenvalue weighted by Gasteiger charge is 2.21. The van der Waals surface area contributed by atoms with Gasteiger partial charge in [0.1, 0.15) is 5.75 Å². The van der Waals surface area contributed by atoms with E-state index >= 15 is 0 Å². The molecule has 1 aromatic carbocycles. The summed E-state index contributed by atoms with van der Waals surface area (Å²) in [5.74, 6) is 6.74. The van der Waals surface area contributed by atoms with Gasteiger partial charge >= 0.3 is 0 Å². The minimum atomic E-state index is 0.0121. The number of fused-ring (bicyclic) bond motifs is 1. The molecular formula is C14H16N2OS. The van der Waals surface area contributed by atoms with Crippen LogP contribution in [-0.4, -0.2) is 6.61 Å². The van der Waals surface area contributed by atoms with E-state index in [9.17, 15) is 0 Å². The van der Waals surface area contributed by atoms with Crippen molar-refractivity contribution in [1.29, 1.82) is 0 Å². The Morgan fingerprint density at radius 3 is 3.00 bits per heavy atom. The first kappa shape index (κ1) is 11.7. The number of hydrogen-bond donors (Lipinski definition) is 2. The highest BCUT2D eigenvalue weighted by Crippen LogP contribution is 2.36. The Kier molecular flexibility index (Phi) is 3.32. The Morgan fingerprint density at radius 1 is 1.28 bits per heavy atom. The maximum absolute atomic E-state index is 5.84. The minimum Gasteiger partial charge on any atom is -0.493 e. The lowest BCUT2D eigenvalue weighted by Gasteiger charge is -2.24. The maximum Gasteiger partial charge on any atom is 0.127 e. The molecule has 4 heteroatoms. The van der Waals surface area contributed by atoms with E-state index in [1.807, 2.05) is 6.07 Å². The number of hydrogen-bond acceptors (Lipinski definition) is 4. The molecule has 2 heterocycles. The summed E-state index contributed by atoms with van der Waals surface area (Å²) in [7, 11) is 0. The summed E-state index contributed by atoms with van der Waals surface area (Å²) in [6.07, 6.45) is 2.18. The van der Waals surface area contributed by atoms with E-state index in [1.165, 1.54) is 10.4 Å². The lowest BCUT2D eigenvalue weighted by molar-refractivity contribution is 0.283. The molecule has 18 heavy (non-hydrogen) atoms. The first-order chi connectivity index (χ1) is 8.90. The molecular weight excluding hydrogens is 244 g/mol. The second-order valence-corrected chi connectivity index (χ2v) is 5.38. The van der Waals surface area contributed by atoms with Crippen LogP contribution in [0.5, 0.6) is 5.75 Å². The summed E-state index contributed by atoms with van der Waals surface area (Å²) in [5, 5.41) is 2.07. The van der Waals surface area contributed by atoms with Gasteiger partial charge < -0.3 is 4.74 Å². The molecule has 0 spiro atoms. The normalized spacial score (nSPS) is 15.8. The molecule has 0 fully saturated rings. The van der Waals surface area contributed by atoms with Crippen molar-refractivity contribution in [2.75, 3.05) is 6.61 Å². The third-order valence-corrected chi connectivity index (χ3v) is 4.21. The van der Waals surface area contributed by atoms with E-state index in [1.54, 1.807) is 11.3 Å². The topological polar surface area (TPSA) is 47.3 Å². The van der Waals surface area contributed by atoms with E-state index in [0.29, 0.717) is 0 Å². The lowest BCUT2D eigenvalue weighted by Crippen LogP contribution is -2.29. The number of thiophene rings is 1. The van der Waals surface area contributed by atoms with Gasteiger partial charge in [-0.2, -0.15) is 0 Å². The van der Waals surface area contributed by atoms with Gasteiger partial charge in [-0.25, -0.2) is 5.43 Å². The molecule has 1 aromatic heterocycles. The number of nitrogens with two attached hydrogens (primary N) is 1. The van der Waals surface area contributed by atoms with Crippen LogP contribution in [0.4, 0.5) is 0 Å². The molecule has 1 aliphatic heterocycles. The summed E-state index contributed by atoms with van der Waals surface area (Å²) < 4.78 is 5.84. The smallest absolute Gasteiger partial charge is 0.127 e. The van der Waals surface area contributed by atoms with Gasteiger partial charge in [-0.15, -0.1) is 11.3 Å². The Labute approximate surface area is 111 Å². The van der Waals surface area contributed by atoms with Crippen molar-refractivity contribution in [3.63, 3.8) is 0 Å². The Morgan fingerprint density at radius 2 is 2.22 bits per heavy atom. The van der Waals surface area contributed by atoms with E-state index in [0.717, 1.165) is 30.8 Å². The van der Waals surface area contributed by atoms with Gasteiger partial charge in [-0.1, -0.05) is 24.3 Å². The van der Waals surface area contributed by atoms with Crippen LogP contribution < -0.4 is 16.0 Å². The molecule has 1 unspecified atom stereocenters. The van der Waals surface area contributed by atoms with Crippen molar-refractivity contribution < 1.29 is 4.74 Å². The van der Waals surface area contributed by atoms with E-state index in [2.05, 4.69) is 35.1 Å². The summed E-state index contributed by atoms with van der Waals surface area (Å²) in [4.78, 5) is 1.21. The Balaban J connectivity index is 2.05. The van der Waals surface area contributed by atoms with E-state index in [-0.39, 0.29) is 6.04 Å². The molecule has 0 bridgehead atoms. The van der Waals surface area contributed by atoms with Gasteiger partial charge in [-0.05, 0) is 29.9 Å². The van der Waals surface area contributed by atoms with Gasteiger partial charge in [0.2, 0.25) is 0 Å². The van der Waals surface area contributed by atoms with Gasteiger partial charge in [0.25, 0.3) is 0 Å². The summed E-state index contributed by atoms with van der Waals surface area (Å²) in [6, 6.07) is 10.5. The molecule has 94 valence electrons. The van der Waals surface area contributed by atoms with Crippen molar-refractivity contribution in [3.8, 4) is 5.75 Å². The van der Waals surface area contributed by atoms with Crippen LogP contribution in [0.1, 0.15) is 28.5 Å². The first-order valence-corrected chi connectivity index (χ1v) is 7.02. The van der Waals surface area contributed by atoms with Crippen LogP contribution in [0.2, 0.25) is 0 Å². The van der Waals surface area contributed by atoms with E-state index < -0.39 is 0 Å². The quantitative estimate of drug-likeness (QED) is 0.659. The van der Waals surface area contributed by atoms with Crippen molar-refractivity contribution in [1.82, 2.24) is 5.43 Å². The fourth-order valence-electron chi connectivity index (χ4n) is 2.42. The molecule has 0 amide bonds. The third kappa shape index (κ3) is 2.03.